The monoisotopic (exact) mass is 543 g/mol. The molecule has 0 radical (unpaired) electrons. The lowest BCUT2D eigenvalue weighted by Crippen LogP contribution is -2.52. The molecule has 35 heavy (non-hydrogen) atoms. The van der Waals surface area contributed by atoms with Crippen molar-refractivity contribution in [3.63, 3.8) is 0 Å². The maximum Gasteiger partial charge on any atom is 0.244 e. The van der Waals surface area contributed by atoms with Gasteiger partial charge in [-0.2, -0.15) is 0 Å². The summed E-state index contributed by atoms with van der Waals surface area (Å²) in [5.74, 6) is -0.403. The van der Waals surface area contributed by atoms with Crippen LogP contribution in [0.5, 0.6) is 5.75 Å². The van der Waals surface area contributed by atoms with Crippen molar-refractivity contribution in [3.05, 3.63) is 58.1 Å². The number of ether oxygens (including phenoxy) is 1. The Morgan fingerprint density at radius 2 is 1.80 bits per heavy atom. The van der Waals surface area contributed by atoms with Crippen molar-refractivity contribution in [2.24, 2.45) is 0 Å². The van der Waals surface area contributed by atoms with Crippen LogP contribution in [0.3, 0.4) is 0 Å². The van der Waals surface area contributed by atoms with Gasteiger partial charge in [0.1, 0.15) is 18.3 Å². The molecule has 0 bridgehead atoms. The highest BCUT2D eigenvalue weighted by atomic mass is 35.5. The van der Waals surface area contributed by atoms with Crippen molar-refractivity contribution in [1.82, 2.24) is 10.2 Å². The van der Waals surface area contributed by atoms with E-state index in [2.05, 4.69) is 5.32 Å². The topological polar surface area (TPSA) is 96.0 Å². The molecule has 8 nitrogen and oxygen atoms in total. The van der Waals surface area contributed by atoms with Crippen LogP contribution >= 0.6 is 23.2 Å². The van der Waals surface area contributed by atoms with E-state index in [1.165, 1.54) is 18.1 Å². The van der Waals surface area contributed by atoms with Gasteiger partial charge in [-0.05, 0) is 42.7 Å². The first-order chi connectivity index (χ1) is 16.5. The SMILES string of the molecule is CCCNC(=O)[C@@H](CC)N(Cc1ccc(Cl)c(Cl)c1)C(=O)CN(c1cccc(OC)c1)S(C)(=O)=O. The van der Waals surface area contributed by atoms with Crippen molar-refractivity contribution >= 4 is 50.7 Å². The Balaban J connectivity index is 2.45. The van der Waals surface area contributed by atoms with Gasteiger partial charge in [-0.3, -0.25) is 13.9 Å². The molecule has 2 rings (SSSR count). The van der Waals surface area contributed by atoms with Crippen LogP contribution in [0.15, 0.2) is 42.5 Å². The highest BCUT2D eigenvalue weighted by molar-refractivity contribution is 7.92. The summed E-state index contributed by atoms with van der Waals surface area (Å²) in [5, 5.41) is 3.50. The van der Waals surface area contributed by atoms with Gasteiger partial charge in [0.25, 0.3) is 0 Å². The molecule has 0 saturated heterocycles. The highest BCUT2D eigenvalue weighted by Crippen LogP contribution is 2.26. The number of amides is 2. The van der Waals surface area contributed by atoms with Crippen LogP contribution in [0, 0.1) is 0 Å². The lowest BCUT2D eigenvalue weighted by Gasteiger charge is -2.33. The fourth-order valence-corrected chi connectivity index (χ4v) is 4.66. The van der Waals surface area contributed by atoms with Gasteiger partial charge in [-0.25, -0.2) is 8.42 Å². The Morgan fingerprint density at radius 1 is 1.09 bits per heavy atom. The zero-order valence-electron chi connectivity index (χ0n) is 20.3. The third-order valence-electron chi connectivity index (χ3n) is 5.29. The summed E-state index contributed by atoms with van der Waals surface area (Å²) in [7, 11) is -2.37. The second kappa shape index (κ2) is 13.0. The average Bonchev–Trinajstić information content (AvgIpc) is 2.82. The fourth-order valence-electron chi connectivity index (χ4n) is 3.50. The number of nitrogens with one attached hydrogen (secondary N) is 1. The minimum Gasteiger partial charge on any atom is -0.497 e. The summed E-state index contributed by atoms with van der Waals surface area (Å²) in [6, 6.07) is 10.5. The highest BCUT2D eigenvalue weighted by Gasteiger charge is 2.31. The predicted octanol–water partition coefficient (Wildman–Crippen LogP) is 4.10. The first-order valence-electron chi connectivity index (χ1n) is 11.1. The smallest absolute Gasteiger partial charge is 0.244 e. The van der Waals surface area contributed by atoms with E-state index in [1.54, 1.807) is 43.3 Å². The normalized spacial score (nSPS) is 12.1. The van der Waals surface area contributed by atoms with Crippen LogP contribution < -0.4 is 14.4 Å². The van der Waals surface area contributed by atoms with Gasteiger partial charge in [0, 0.05) is 19.2 Å². The van der Waals surface area contributed by atoms with E-state index in [0.29, 0.717) is 34.3 Å². The predicted molar refractivity (Wildman–Crippen MR) is 140 cm³/mol. The number of hydrogen-bond acceptors (Lipinski definition) is 5. The molecule has 11 heteroatoms. The van der Waals surface area contributed by atoms with Gasteiger partial charge in [0.05, 0.1) is 29.1 Å². The zero-order chi connectivity index (χ0) is 26.2. The number of halogens is 2. The maximum absolute atomic E-state index is 13.6. The van der Waals surface area contributed by atoms with Gasteiger partial charge in [0.2, 0.25) is 21.8 Å². The first-order valence-corrected chi connectivity index (χ1v) is 13.7. The molecule has 1 atom stereocenters. The molecule has 2 aromatic carbocycles. The Bertz CT molecular complexity index is 1140. The molecular weight excluding hydrogens is 513 g/mol. The fraction of sp³-hybridized carbons (Fsp3) is 0.417. The molecule has 0 fully saturated rings. The molecule has 0 aliphatic heterocycles. The van der Waals surface area contributed by atoms with Crippen molar-refractivity contribution in [2.45, 2.75) is 39.3 Å². The standard InChI is InChI=1S/C24H31Cl2N3O5S/c1-5-12-27-24(31)22(6-2)28(15-17-10-11-20(25)21(26)13-17)23(30)16-29(35(4,32)33)18-8-7-9-19(14-18)34-3/h7-11,13-14,22H,5-6,12,15-16H2,1-4H3,(H,27,31)/t22-/m1/s1. The summed E-state index contributed by atoms with van der Waals surface area (Å²) < 4.78 is 31.5. The van der Waals surface area contributed by atoms with Crippen LogP contribution in [0.1, 0.15) is 32.3 Å². The van der Waals surface area contributed by atoms with Crippen molar-refractivity contribution in [1.29, 1.82) is 0 Å². The van der Waals surface area contributed by atoms with E-state index < -0.39 is 28.5 Å². The van der Waals surface area contributed by atoms with Crippen LogP contribution in [-0.4, -0.2) is 57.6 Å². The Hall–Kier alpha value is -2.49. The molecule has 2 aromatic rings. The van der Waals surface area contributed by atoms with E-state index in [9.17, 15) is 18.0 Å². The van der Waals surface area contributed by atoms with Gasteiger partial charge >= 0.3 is 0 Å². The number of nitrogens with zero attached hydrogens (tertiary/aromatic N) is 2. The third-order valence-corrected chi connectivity index (χ3v) is 7.17. The Labute approximate surface area is 217 Å². The van der Waals surface area contributed by atoms with Crippen LogP contribution in [0.2, 0.25) is 10.0 Å². The summed E-state index contributed by atoms with van der Waals surface area (Å²) >= 11 is 12.2. The van der Waals surface area contributed by atoms with Gasteiger partial charge < -0.3 is 15.0 Å². The lowest BCUT2D eigenvalue weighted by molar-refractivity contribution is -0.140. The lowest BCUT2D eigenvalue weighted by atomic mass is 10.1. The minimum absolute atomic E-state index is 0.0451. The second-order valence-corrected chi connectivity index (χ2v) is 10.7. The minimum atomic E-state index is -3.83. The summed E-state index contributed by atoms with van der Waals surface area (Å²) in [6.45, 7) is 3.73. The van der Waals surface area contributed by atoms with Crippen molar-refractivity contribution in [3.8, 4) is 5.75 Å². The van der Waals surface area contributed by atoms with Crippen LogP contribution in [0.25, 0.3) is 0 Å². The van der Waals surface area contributed by atoms with E-state index >= 15 is 0 Å². The van der Waals surface area contributed by atoms with Crippen LogP contribution in [0.4, 0.5) is 5.69 Å². The third kappa shape index (κ3) is 8.02. The average molecular weight is 545 g/mol. The number of sulfonamides is 1. The molecule has 192 valence electrons. The van der Waals surface area contributed by atoms with E-state index in [-0.39, 0.29) is 18.1 Å². The zero-order valence-corrected chi connectivity index (χ0v) is 22.6. The first kappa shape index (κ1) is 28.7. The number of methoxy groups -OCH3 is 1. The molecule has 0 aliphatic carbocycles. The molecular formula is C24H31Cl2N3O5S. The van der Waals surface area contributed by atoms with E-state index in [1.807, 2.05) is 6.92 Å². The van der Waals surface area contributed by atoms with E-state index in [4.69, 9.17) is 27.9 Å². The molecule has 0 saturated carbocycles. The molecule has 0 aromatic heterocycles. The molecule has 0 heterocycles. The maximum atomic E-state index is 13.6. The Kier molecular flexibility index (Phi) is 10.7. The molecule has 1 N–H and O–H groups in total. The number of carbonyl (C=O) groups excluding carboxylic acids is 2. The quantitative estimate of drug-likeness (QED) is 0.434. The number of hydrogen-bond donors (Lipinski definition) is 1. The molecule has 0 unspecified atom stereocenters. The number of carbonyl (C=O) groups is 2. The molecule has 0 spiro atoms. The summed E-state index contributed by atoms with van der Waals surface area (Å²) in [5.41, 5.74) is 0.931. The van der Waals surface area contributed by atoms with Gasteiger partial charge in [-0.15, -0.1) is 0 Å². The molecule has 2 amide bonds. The second-order valence-electron chi connectivity index (χ2n) is 7.96. The summed E-state index contributed by atoms with van der Waals surface area (Å²) in [6.07, 6.45) is 2.09. The van der Waals surface area contributed by atoms with Crippen molar-refractivity contribution in [2.75, 3.05) is 30.8 Å². The number of anilines is 1. The number of benzene rings is 2. The number of rotatable bonds is 12. The largest absolute Gasteiger partial charge is 0.497 e. The summed E-state index contributed by atoms with van der Waals surface area (Å²) in [4.78, 5) is 27.9. The van der Waals surface area contributed by atoms with Crippen LogP contribution in [-0.2, 0) is 26.2 Å². The van der Waals surface area contributed by atoms with Gasteiger partial charge in [-0.1, -0.05) is 49.2 Å². The molecule has 0 aliphatic rings. The Morgan fingerprint density at radius 3 is 2.37 bits per heavy atom. The van der Waals surface area contributed by atoms with Gasteiger partial charge in [0.15, 0.2) is 0 Å². The van der Waals surface area contributed by atoms with E-state index in [0.717, 1.165) is 17.0 Å². The van der Waals surface area contributed by atoms with Crippen molar-refractivity contribution < 1.29 is 22.7 Å².